The second-order valence-electron chi connectivity index (χ2n) is 8.34. The topological polar surface area (TPSA) is 101 Å². The van der Waals surface area contributed by atoms with Gasteiger partial charge in [0.1, 0.15) is 23.2 Å². The van der Waals surface area contributed by atoms with Crippen LogP contribution in [0.25, 0.3) is 0 Å². The Kier molecular flexibility index (Phi) is 7.05. The zero-order valence-corrected chi connectivity index (χ0v) is 19.8. The van der Waals surface area contributed by atoms with E-state index in [2.05, 4.69) is 9.62 Å². The molecule has 2 heterocycles. The molecule has 0 bridgehead atoms. The molecule has 11 heteroatoms. The fourth-order valence-electron chi connectivity index (χ4n) is 3.52. The molecule has 0 aliphatic carbocycles. The van der Waals surface area contributed by atoms with Gasteiger partial charge in [-0.05, 0) is 42.3 Å². The smallest absolute Gasteiger partial charge is 0.244 e. The number of hydrogen-bond donors (Lipinski definition) is 2. The van der Waals surface area contributed by atoms with Gasteiger partial charge >= 0.3 is 0 Å². The number of rotatable bonds is 8. The maximum atomic E-state index is 13.9. The molecule has 2 aliphatic heterocycles. The first-order valence-corrected chi connectivity index (χ1v) is 11.6. The Bertz CT molecular complexity index is 1100. The van der Waals surface area contributed by atoms with Crippen molar-refractivity contribution in [2.45, 2.75) is 10.4 Å². The van der Waals surface area contributed by atoms with Crippen LogP contribution in [-0.4, -0.2) is 55.2 Å². The number of benzene rings is 2. The van der Waals surface area contributed by atoms with Gasteiger partial charge in [0.15, 0.2) is 0 Å². The van der Waals surface area contributed by atoms with Gasteiger partial charge in [-0.15, -0.1) is 0 Å². The molecule has 2 aliphatic rings. The van der Waals surface area contributed by atoms with Crippen LogP contribution < -0.4 is 15.8 Å². The summed E-state index contributed by atoms with van der Waals surface area (Å²) in [5.41, 5.74) is 4.55. The number of carbonyl (C=O) groups is 1. The second kappa shape index (κ2) is 9.66. The van der Waals surface area contributed by atoms with Crippen molar-refractivity contribution < 1.29 is 18.7 Å². The highest BCUT2D eigenvalue weighted by atomic mass is 35.5. The highest BCUT2D eigenvalue weighted by molar-refractivity contribution is 7.97. The number of hydrogen-bond acceptors (Lipinski definition) is 7. The van der Waals surface area contributed by atoms with Gasteiger partial charge in [-0.25, -0.2) is 8.70 Å². The van der Waals surface area contributed by atoms with Crippen LogP contribution >= 0.6 is 35.1 Å². The Morgan fingerprint density at radius 3 is 2.67 bits per heavy atom. The van der Waals surface area contributed by atoms with Gasteiger partial charge in [0.25, 0.3) is 0 Å². The maximum absolute atomic E-state index is 13.9. The van der Waals surface area contributed by atoms with E-state index in [0.717, 1.165) is 4.90 Å². The molecule has 33 heavy (non-hydrogen) atoms. The minimum absolute atomic E-state index is 0.0497. The zero-order chi connectivity index (χ0) is 23.6. The minimum Gasteiger partial charge on any atom is -0.493 e. The SMILES string of the molecule is N#Cc1ccc(OCC2(CNC(=O)C3(N)COC3)CN(Sc3ccc(Cl)cc3Cl)C2)cc1F. The first-order chi connectivity index (χ1) is 15.7. The standard InChI is InChI=1S/C22H21Cl2FN4O3S/c23-15-2-4-19(17(24)5-15)33-29-9-21(10-29,8-28-20(30)22(27)12-31-13-22)11-32-16-3-1-14(7-26)18(25)6-16/h1-6H,8-13,27H2,(H,28,30). The Balaban J connectivity index is 1.41. The molecule has 7 nitrogen and oxygen atoms in total. The fourth-order valence-corrected chi connectivity index (χ4v) is 5.26. The molecule has 174 valence electrons. The number of nitrogens with zero attached hydrogens (tertiary/aromatic N) is 2. The summed E-state index contributed by atoms with van der Waals surface area (Å²) in [6.45, 7) is 2.11. The summed E-state index contributed by atoms with van der Waals surface area (Å²) < 4.78 is 27.0. The van der Waals surface area contributed by atoms with Gasteiger partial charge in [-0.1, -0.05) is 23.2 Å². The summed E-state index contributed by atoms with van der Waals surface area (Å²) in [5, 5.41) is 12.9. The van der Waals surface area contributed by atoms with Gasteiger partial charge in [-0.2, -0.15) is 5.26 Å². The molecule has 3 N–H and O–H groups in total. The quantitative estimate of drug-likeness (QED) is 0.525. The van der Waals surface area contributed by atoms with E-state index in [1.807, 2.05) is 6.07 Å². The predicted molar refractivity (Wildman–Crippen MR) is 124 cm³/mol. The first-order valence-electron chi connectivity index (χ1n) is 10.1. The van der Waals surface area contributed by atoms with Gasteiger partial charge in [0, 0.05) is 41.0 Å². The molecule has 1 amide bonds. The third kappa shape index (κ3) is 5.38. The molecular formula is C22H21Cl2FN4O3S. The number of ether oxygens (including phenoxy) is 2. The molecule has 2 aromatic rings. The molecule has 0 saturated carbocycles. The molecule has 0 unspecified atom stereocenters. The summed E-state index contributed by atoms with van der Waals surface area (Å²) in [6, 6.07) is 11.2. The molecular weight excluding hydrogens is 490 g/mol. The lowest BCUT2D eigenvalue weighted by atomic mass is 9.82. The van der Waals surface area contributed by atoms with Crippen molar-refractivity contribution in [2.75, 3.05) is 39.5 Å². The molecule has 0 atom stereocenters. The summed E-state index contributed by atoms with van der Waals surface area (Å²) in [6.07, 6.45) is 0. The molecule has 0 aromatic heterocycles. The van der Waals surface area contributed by atoms with Crippen molar-refractivity contribution >= 4 is 41.1 Å². The average Bonchev–Trinajstić information content (AvgIpc) is 2.74. The number of nitriles is 1. The summed E-state index contributed by atoms with van der Waals surface area (Å²) in [4.78, 5) is 13.3. The minimum atomic E-state index is -1.01. The fraction of sp³-hybridized carbons (Fsp3) is 0.364. The van der Waals surface area contributed by atoms with Gasteiger partial charge in [-0.3, -0.25) is 4.79 Å². The monoisotopic (exact) mass is 510 g/mol. The van der Waals surface area contributed by atoms with Crippen LogP contribution in [-0.2, 0) is 9.53 Å². The van der Waals surface area contributed by atoms with E-state index in [4.69, 9.17) is 43.7 Å². The van der Waals surface area contributed by atoms with Crippen molar-refractivity contribution in [3.05, 3.63) is 57.8 Å². The second-order valence-corrected chi connectivity index (χ2v) is 10.3. The van der Waals surface area contributed by atoms with Crippen molar-refractivity contribution in [1.82, 2.24) is 9.62 Å². The lowest BCUT2D eigenvalue weighted by Gasteiger charge is -2.49. The largest absolute Gasteiger partial charge is 0.493 e. The predicted octanol–water partition coefficient (Wildman–Crippen LogP) is 3.24. The highest BCUT2D eigenvalue weighted by Gasteiger charge is 2.47. The van der Waals surface area contributed by atoms with Crippen LogP contribution in [0.15, 0.2) is 41.3 Å². The van der Waals surface area contributed by atoms with Crippen LogP contribution in [0.4, 0.5) is 4.39 Å². The molecule has 0 spiro atoms. The zero-order valence-electron chi connectivity index (χ0n) is 17.4. The molecule has 0 radical (unpaired) electrons. The first kappa shape index (κ1) is 24.1. The van der Waals surface area contributed by atoms with Crippen LogP contribution in [0.1, 0.15) is 5.56 Å². The molecule has 2 saturated heterocycles. The van der Waals surface area contributed by atoms with E-state index >= 15 is 0 Å². The van der Waals surface area contributed by atoms with Crippen molar-refractivity contribution in [2.24, 2.45) is 11.1 Å². The Labute approximate surface area is 205 Å². The Morgan fingerprint density at radius 1 is 1.30 bits per heavy atom. The average molecular weight is 511 g/mol. The number of nitrogens with two attached hydrogens (primary N) is 1. The molecule has 2 fully saturated rings. The number of nitrogens with one attached hydrogen (secondary N) is 1. The van der Waals surface area contributed by atoms with E-state index in [1.165, 1.54) is 24.1 Å². The Morgan fingerprint density at radius 2 is 2.06 bits per heavy atom. The van der Waals surface area contributed by atoms with Crippen LogP contribution in [0.2, 0.25) is 10.0 Å². The van der Waals surface area contributed by atoms with Gasteiger partial charge in [0.05, 0.1) is 30.4 Å². The van der Waals surface area contributed by atoms with Crippen molar-refractivity contribution in [3.8, 4) is 11.8 Å². The van der Waals surface area contributed by atoms with Crippen molar-refractivity contribution in [1.29, 1.82) is 5.26 Å². The van der Waals surface area contributed by atoms with E-state index in [1.54, 1.807) is 24.3 Å². The summed E-state index contributed by atoms with van der Waals surface area (Å²) in [7, 11) is 0. The van der Waals surface area contributed by atoms with Crippen molar-refractivity contribution in [3.63, 3.8) is 0 Å². The van der Waals surface area contributed by atoms with E-state index in [9.17, 15) is 9.18 Å². The third-order valence-electron chi connectivity index (χ3n) is 5.55. The molecule has 4 rings (SSSR count). The summed E-state index contributed by atoms with van der Waals surface area (Å²) in [5.74, 6) is -0.605. The van der Waals surface area contributed by atoms with Gasteiger partial charge < -0.3 is 20.5 Å². The highest BCUT2D eigenvalue weighted by Crippen LogP contribution is 2.41. The summed E-state index contributed by atoms with van der Waals surface area (Å²) >= 11 is 13.7. The molecule has 2 aromatic carbocycles. The lowest BCUT2D eigenvalue weighted by molar-refractivity contribution is -0.144. The van der Waals surface area contributed by atoms with E-state index in [0.29, 0.717) is 35.4 Å². The van der Waals surface area contributed by atoms with Crippen LogP contribution in [0.3, 0.4) is 0 Å². The number of amides is 1. The third-order valence-corrected chi connectivity index (χ3v) is 7.28. The normalized spacial score (nSPS) is 18.5. The van der Waals surface area contributed by atoms with E-state index < -0.39 is 16.8 Å². The van der Waals surface area contributed by atoms with E-state index in [-0.39, 0.29) is 31.3 Å². The lowest BCUT2D eigenvalue weighted by Crippen LogP contribution is -2.69. The van der Waals surface area contributed by atoms with Gasteiger partial charge in [0.2, 0.25) is 5.91 Å². The number of carbonyl (C=O) groups excluding carboxylic acids is 1. The Hall–Kier alpha value is -2.06. The maximum Gasteiger partial charge on any atom is 0.244 e. The number of halogens is 3. The van der Waals surface area contributed by atoms with Crippen LogP contribution in [0, 0.1) is 22.6 Å². The van der Waals surface area contributed by atoms with Crippen LogP contribution in [0.5, 0.6) is 5.75 Å².